The van der Waals surface area contributed by atoms with E-state index >= 15 is 0 Å². The highest BCUT2D eigenvalue weighted by atomic mass is 32.2. The molecule has 0 spiro atoms. The van der Waals surface area contributed by atoms with Gasteiger partial charge in [-0.05, 0) is 49.1 Å². The minimum absolute atomic E-state index is 0.0646. The maximum atomic E-state index is 13.7. The number of aliphatic hydroxyl groups excluding tert-OH is 1. The lowest BCUT2D eigenvalue weighted by molar-refractivity contribution is -0.140. The standard InChI is InChI=1S/C32H41F3N4O6S/c1-43-16-17-45-31-19-26(46(3,41)42)9-10-29(31)36-13-5-6-24-18-27-28(7-4-8-30(27)39(24)22-32(33,34)35)37-23-11-14-38(15-12-23)20-25(40)21-44-2/h4,7-10,18-19,23,25,36-37,40H,11-17,20-22H2,1-3H3. The molecule has 4 rings (SSSR count). The number of sulfone groups is 1. The van der Waals surface area contributed by atoms with E-state index in [2.05, 4.69) is 27.4 Å². The van der Waals surface area contributed by atoms with Crippen LogP contribution in [0.25, 0.3) is 10.9 Å². The van der Waals surface area contributed by atoms with Gasteiger partial charge in [0, 0.05) is 63.3 Å². The highest BCUT2D eigenvalue weighted by Crippen LogP contribution is 2.32. The normalized spacial score (nSPS) is 15.4. The van der Waals surface area contributed by atoms with E-state index in [0.29, 0.717) is 35.5 Å². The summed E-state index contributed by atoms with van der Waals surface area (Å²) in [6.07, 6.45) is -2.27. The highest BCUT2D eigenvalue weighted by molar-refractivity contribution is 7.90. The fourth-order valence-electron chi connectivity index (χ4n) is 5.39. The van der Waals surface area contributed by atoms with Crippen molar-refractivity contribution in [2.24, 2.45) is 0 Å². The minimum atomic E-state index is -4.46. The summed E-state index contributed by atoms with van der Waals surface area (Å²) in [5.41, 5.74) is 1.86. The molecule has 1 aliphatic heterocycles. The van der Waals surface area contributed by atoms with Crippen LogP contribution in [-0.2, 0) is 25.9 Å². The number of piperidine rings is 1. The number of hydrogen-bond acceptors (Lipinski definition) is 9. The van der Waals surface area contributed by atoms with Crippen LogP contribution in [0.3, 0.4) is 0 Å². The molecule has 10 nitrogen and oxygen atoms in total. The molecule has 1 aromatic heterocycles. The van der Waals surface area contributed by atoms with Gasteiger partial charge in [-0.25, -0.2) is 8.42 Å². The number of ether oxygens (including phenoxy) is 3. The summed E-state index contributed by atoms with van der Waals surface area (Å²) in [4.78, 5) is 2.27. The van der Waals surface area contributed by atoms with Crippen LogP contribution in [0.2, 0.25) is 0 Å². The lowest BCUT2D eigenvalue weighted by Crippen LogP contribution is -2.43. The van der Waals surface area contributed by atoms with Gasteiger partial charge < -0.3 is 39.4 Å². The average Bonchev–Trinajstić information content (AvgIpc) is 3.33. The highest BCUT2D eigenvalue weighted by Gasteiger charge is 2.30. The van der Waals surface area contributed by atoms with Crippen molar-refractivity contribution in [1.29, 1.82) is 0 Å². The zero-order chi connectivity index (χ0) is 33.3. The van der Waals surface area contributed by atoms with Crippen molar-refractivity contribution in [3.8, 4) is 17.6 Å². The number of fused-ring (bicyclic) bond motifs is 1. The van der Waals surface area contributed by atoms with E-state index in [1.807, 2.05) is 6.07 Å². The van der Waals surface area contributed by atoms with Crippen LogP contribution in [0.15, 0.2) is 47.4 Å². The Kier molecular flexibility index (Phi) is 12.2. The Bertz CT molecular complexity index is 1630. The number of halogens is 3. The van der Waals surface area contributed by atoms with Gasteiger partial charge in [0.15, 0.2) is 9.84 Å². The SMILES string of the molecule is COCCOc1cc(S(C)(=O)=O)ccc1NCC#Cc1cc2c(NC3CCN(CC(O)COC)CC3)cccc2n1CC(F)(F)F. The quantitative estimate of drug-likeness (QED) is 0.174. The molecular formula is C32H41F3N4O6S. The van der Waals surface area contributed by atoms with E-state index in [1.165, 1.54) is 23.8 Å². The number of β-amino-alcohol motifs (C(OH)–C–C–N with tert-alkyl or cyclic N) is 1. The van der Waals surface area contributed by atoms with E-state index in [-0.39, 0.29) is 36.4 Å². The number of aromatic nitrogens is 1. The molecule has 3 N–H and O–H groups in total. The van der Waals surface area contributed by atoms with Crippen LogP contribution < -0.4 is 15.4 Å². The molecule has 0 aliphatic carbocycles. The van der Waals surface area contributed by atoms with Gasteiger partial charge in [-0.1, -0.05) is 12.0 Å². The number of hydrogen-bond donors (Lipinski definition) is 3. The molecule has 3 aromatic rings. The summed E-state index contributed by atoms with van der Waals surface area (Å²) >= 11 is 0. The van der Waals surface area contributed by atoms with Crippen LogP contribution in [-0.4, -0.2) is 108 Å². The van der Waals surface area contributed by atoms with Gasteiger partial charge in [0.2, 0.25) is 0 Å². The molecule has 252 valence electrons. The Morgan fingerprint density at radius 3 is 2.50 bits per heavy atom. The lowest BCUT2D eigenvalue weighted by Gasteiger charge is -2.34. The number of alkyl halides is 3. The number of likely N-dealkylation sites (tertiary alicyclic amines) is 1. The van der Waals surface area contributed by atoms with E-state index in [1.54, 1.807) is 31.4 Å². The average molecular weight is 667 g/mol. The number of rotatable bonds is 14. The third kappa shape index (κ3) is 10.0. The second kappa shape index (κ2) is 15.9. The minimum Gasteiger partial charge on any atom is -0.489 e. The van der Waals surface area contributed by atoms with Crippen LogP contribution in [0.1, 0.15) is 18.5 Å². The van der Waals surface area contributed by atoms with Crippen LogP contribution in [0.4, 0.5) is 24.5 Å². The maximum absolute atomic E-state index is 13.7. The van der Waals surface area contributed by atoms with Crippen LogP contribution >= 0.6 is 0 Å². The molecule has 1 fully saturated rings. The van der Waals surface area contributed by atoms with Crippen molar-refractivity contribution in [2.75, 3.05) is 77.1 Å². The second-order valence-corrected chi connectivity index (χ2v) is 13.2. The predicted molar refractivity (Wildman–Crippen MR) is 171 cm³/mol. The molecule has 46 heavy (non-hydrogen) atoms. The molecule has 0 saturated carbocycles. The monoisotopic (exact) mass is 666 g/mol. The summed E-state index contributed by atoms with van der Waals surface area (Å²) in [7, 11) is -0.401. The van der Waals surface area contributed by atoms with Crippen LogP contribution in [0.5, 0.6) is 5.75 Å². The first-order valence-corrected chi connectivity index (χ1v) is 16.8. The summed E-state index contributed by atoms with van der Waals surface area (Å²) < 4.78 is 82.0. The third-order valence-electron chi connectivity index (χ3n) is 7.57. The smallest absolute Gasteiger partial charge is 0.406 e. The molecule has 1 atom stereocenters. The van der Waals surface area contributed by atoms with Crippen LogP contribution in [0, 0.1) is 11.8 Å². The largest absolute Gasteiger partial charge is 0.489 e. The maximum Gasteiger partial charge on any atom is 0.406 e. The number of methoxy groups -OCH3 is 2. The predicted octanol–water partition coefficient (Wildman–Crippen LogP) is 3.98. The van der Waals surface area contributed by atoms with Crippen molar-refractivity contribution in [1.82, 2.24) is 9.47 Å². The van der Waals surface area contributed by atoms with E-state index < -0.39 is 28.7 Å². The Balaban J connectivity index is 1.52. The van der Waals surface area contributed by atoms with E-state index in [4.69, 9.17) is 14.2 Å². The lowest BCUT2D eigenvalue weighted by atomic mass is 10.0. The van der Waals surface area contributed by atoms with Gasteiger partial charge in [-0.2, -0.15) is 13.2 Å². The molecule has 0 radical (unpaired) electrons. The fraction of sp³-hybridized carbons (Fsp3) is 0.500. The molecule has 1 unspecified atom stereocenters. The molecule has 2 heterocycles. The molecule has 14 heteroatoms. The summed E-state index contributed by atoms with van der Waals surface area (Å²) in [6.45, 7) is 1.72. The van der Waals surface area contributed by atoms with Gasteiger partial charge in [-0.3, -0.25) is 0 Å². The first-order valence-electron chi connectivity index (χ1n) is 14.9. The Labute approximate surface area is 267 Å². The van der Waals surface area contributed by atoms with Gasteiger partial charge in [0.25, 0.3) is 0 Å². The summed E-state index contributed by atoms with van der Waals surface area (Å²) in [6, 6.07) is 11.5. The number of aliphatic hydroxyl groups is 1. The summed E-state index contributed by atoms with van der Waals surface area (Å²) in [5.74, 6) is 6.09. The van der Waals surface area contributed by atoms with Crippen molar-refractivity contribution in [3.63, 3.8) is 0 Å². The van der Waals surface area contributed by atoms with Gasteiger partial charge in [0.05, 0.1) is 47.7 Å². The van der Waals surface area contributed by atoms with Gasteiger partial charge in [0.1, 0.15) is 18.9 Å². The number of benzene rings is 2. The topological polar surface area (TPSA) is 114 Å². The zero-order valence-corrected chi connectivity index (χ0v) is 27.0. The molecule has 0 amide bonds. The third-order valence-corrected chi connectivity index (χ3v) is 8.68. The molecule has 0 bridgehead atoms. The Hall–Kier alpha value is -3.48. The number of nitrogens with zero attached hydrogens (tertiary/aromatic N) is 2. The first kappa shape index (κ1) is 35.4. The molecule has 1 saturated heterocycles. The summed E-state index contributed by atoms with van der Waals surface area (Å²) in [5, 5.41) is 17.3. The molecular weight excluding hydrogens is 625 g/mol. The Morgan fingerprint density at radius 1 is 1.07 bits per heavy atom. The van der Waals surface area contributed by atoms with Gasteiger partial charge >= 0.3 is 6.18 Å². The number of anilines is 2. The first-order chi connectivity index (χ1) is 21.9. The van der Waals surface area contributed by atoms with E-state index in [0.717, 1.165) is 37.9 Å². The molecule has 1 aliphatic rings. The van der Waals surface area contributed by atoms with Crippen molar-refractivity contribution in [3.05, 3.63) is 48.2 Å². The zero-order valence-electron chi connectivity index (χ0n) is 26.2. The second-order valence-electron chi connectivity index (χ2n) is 11.2. The van der Waals surface area contributed by atoms with Gasteiger partial charge in [-0.15, -0.1) is 0 Å². The van der Waals surface area contributed by atoms with E-state index in [9.17, 15) is 26.7 Å². The fourth-order valence-corrected chi connectivity index (χ4v) is 6.03. The van der Waals surface area contributed by atoms with Crippen molar-refractivity contribution < 1.29 is 40.9 Å². The molecule has 2 aromatic carbocycles. The number of nitrogens with one attached hydrogen (secondary N) is 2. The van der Waals surface area contributed by atoms with Crippen molar-refractivity contribution >= 4 is 32.1 Å². The Morgan fingerprint density at radius 2 is 1.83 bits per heavy atom. The van der Waals surface area contributed by atoms with Crippen molar-refractivity contribution in [2.45, 2.75) is 42.6 Å².